The minimum Gasteiger partial charge on any atom is -0.493 e. The summed E-state index contributed by atoms with van der Waals surface area (Å²) in [6.07, 6.45) is 1.78. The van der Waals surface area contributed by atoms with Crippen LogP contribution in [0.25, 0.3) is 0 Å². The molecule has 1 atom stereocenters. The van der Waals surface area contributed by atoms with Gasteiger partial charge in [-0.15, -0.1) is 0 Å². The van der Waals surface area contributed by atoms with Crippen molar-refractivity contribution in [3.63, 3.8) is 0 Å². The normalized spacial score (nSPS) is 15.4. The van der Waals surface area contributed by atoms with Crippen molar-refractivity contribution >= 4 is 5.97 Å². The molecule has 0 saturated heterocycles. The zero-order chi connectivity index (χ0) is 15.2. The van der Waals surface area contributed by atoms with E-state index in [1.54, 1.807) is 21.0 Å². The minimum absolute atomic E-state index is 0.342. The zero-order valence-electron chi connectivity index (χ0n) is 12.8. The summed E-state index contributed by atoms with van der Waals surface area (Å²) in [4.78, 5) is 11.7. The van der Waals surface area contributed by atoms with Gasteiger partial charge in [-0.2, -0.15) is 0 Å². The summed E-state index contributed by atoms with van der Waals surface area (Å²) in [5.41, 5.74) is 0.984. The van der Waals surface area contributed by atoms with Crippen LogP contribution in [0, 0.1) is 0 Å². The third kappa shape index (κ3) is 4.36. The van der Waals surface area contributed by atoms with Crippen molar-refractivity contribution in [3.05, 3.63) is 23.8 Å². The number of carbonyl (C=O) groups is 1. The van der Waals surface area contributed by atoms with Crippen LogP contribution in [0.2, 0.25) is 0 Å². The molecule has 1 unspecified atom stereocenters. The molecule has 0 radical (unpaired) electrons. The molecule has 0 spiro atoms. The molecule has 1 N–H and O–H groups in total. The van der Waals surface area contributed by atoms with Crippen molar-refractivity contribution in [2.75, 3.05) is 13.7 Å². The Labute approximate surface area is 125 Å². The smallest absolute Gasteiger partial charge is 0.347 e. The Balaban J connectivity index is 2.11. The van der Waals surface area contributed by atoms with E-state index in [0.717, 1.165) is 5.56 Å². The second-order valence-corrected chi connectivity index (χ2v) is 5.12. The van der Waals surface area contributed by atoms with Crippen molar-refractivity contribution in [1.29, 1.82) is 0 Å². The van der Waals surface area contributed by atoms with Crippen LogP contribution in [0.3, 0.4) is 0 Å². The summed E-state index contributed by atoms with van der Waals surface area (Å²) in [5.74, 6) is 0.861. The first-order valence-corrected chi connectivity index (χ1v) is 7.38. The molecule has 1 aliphatic carbocycles. The highest BCUT2D eigenvalue weighted by Crippen LogP contribution is 2.32. The molecule has 0 bridgehead atoms. The minimum atomic E-state index is -0.666. The van der Waals surface area contributed by atoms with E-state index >= 15 is 0 Å². The van der Waals surface area contributed by atoms with Gasteiger partial charge in [0.25, 0.3) is 0 Å². The van der Waals surface area contributed by atoms with Crippen LogP contribution in [0.1, 0.15) is 32.3 Å². The lowest BCUT2D eigenvalue weighted by Crippen LogP contribution is -2.27. The van der Waals surface area contributed by atoms with E-state index < -0.39 is 6.10 Å². The number of methoxy groups -OCH3 is 1. The first-order chi connectivity index (χ1) is 10.2. The molecule has 2 rings (SSSR count). The number of para-hydroxylation sites is 1. The Morgan fingerprint density at radius 1 is 1.43 bits per heavy atom. The second kappa shape index (κ2) is 7.31. The van der Waals surface area contributed by atoms with Crippen molar-refractivity contribution in [2.24, 2.45) is 0 Å². The van der Waals surface area contributed by atoms with Gasteiger partial charge >= 0.3 is 5.97 Å². The lowest BCUT2D eigenvalue weighted by Gasteiger charge is -2.19. The first kappa shape index (κ1) is 15.6. The highest BCUT2D eigenvalue weighted by atomic mass is 16.6. The van der Waals surface area contributed by atoms with Crippen molar-refractivity contribution in [3.8, 4) is 11.5 Å². The molecule has 21 heavy (non-hydrogen) atoms. The fourth-order valence-corrected chi connectivity index (χ4v) is 2.02. The summed E-state index contributed by atoms with van der Waals surface area (Å²) in [5, 5.41) is 3.44. The predicted octanol–water partition coefficient (Wildman–Crippen LogP) is 2.28. The molecular weight excluding hydrogens is 270 g/mol. The largest absolute Gasteiger partial charge is 0.493 e. The van der Waals surface area contributed by atoms with Gasteiger partial charge in [-0.1, -0.05) is 12.1 Å². The van der Waals surface area contributed by atoms with Crippen LogP contribution >= 0.6 is 0 Å². The molecule has 1 aromatic carbocycles. The van der Waals surface area contributed by atoms with Crippen LogP contribution in [-0.4, -0.2) is 31.8 Å². The van der Waals surface area contributed by atoms with Gasteiger partial charge in [0.05, 0.1) is 13.7 Å². The summed E-state index contributed by atoms with van der Waals surface area (Å²) < 4.78 is 16.1. The van der Waals surface area contributed by atoms with Gasteiger partial charge in [0.15, 0.2) is 17.6 Å². The third-order valence-electron chi connectivity index (χ3n) is 3.35. The molecular formula is C16H23NO4. The molecule has 5 heteroatoms. The number of esters is 1. The van der Waals surface area contributed by atoms with E-state index in [-0.39, 0.29) is 5.97 Å². The van der Waals surface area contributed by atoms with Crippen molar-refractivity contribution in [1.82, 2.24) is 5.32 Å². The summed E-state index contributed by atoms with van der Waals surface area (Å²) in [6, 6.07) is 6.33. The summed E-state index contributed by atoms with van der Waals surface area (Å²) >= 11 is 0. The SMILES string of the molecule is CCOC(=O)C(C)Oc1c(CNC2CC2)cccc1OC. The average Bonchev–Trinajstić information content (AvgIpc) is 3.30. The Morgan fingerprint density at radius 2 is 2.19 bits per heavy atom. The topological polar surface area (TPSA) is 56.8 Å². The molecule has 0 aliphatic heterocycles. The summed E-state index contributed by atoms with van der Waals surface area (Å²) in [7, 11) is 1.59. The van der Waals surface area contributed by atoms with Crippen LogP contribution in [0.4, 0.5) is 0 Å². The molecule has 0 heterocycles. The van der Waals surface area contributed by atoms with Gasteiger partial charge in [0.1, 0.15) is 0 Å². The third-order valence-corrected chi connectivity index (χ3v) is 3.35. The van der Waals surface area contributed by atoms with Gasteiger partial charge in [0, 0.05) is 18.2 Å². The molecule has 0 aromatic heterocycles. The van der Waals surface area contributed by atoms with Crippen LogP contribution in [-0.2, 0) is 16.1 Å². The summed E-state index contributed by atoms with van der Waals surface area (Å²) in [6.45, 7) is 4.50. The van der Waals surface area contributed by atoms with Crippen molar-refractivity contribution in [2.45, 2.75) is 45.4 Å². The van der Waals surface area contributed by atoms with Crippen molar-refractivity contribution < 1.29 is 19.0 Å². The predicted molar refractivity (Wildman–Crippen MR) is 79.6 cm³/mol. The maximum Gasteiger partial charge on any atom is 0.347 e. The van der Waals surface area contributed by atoms with E-state index in [9.17, 15) is 4.79 Å². The highest BCUT2D eigenvalue weighted by Gasteiger charge is 2.23. The molecule has 0 amide bonds. The molecule has 1 aromatic rings. The van der Waals surface area contributed by atoms with E-state index in [1.165, 1.54) is 12.8 Å². The van der Waals surface area contributed by atoms with E-state index in [0.29, 0.717) is 30.7 Å². The van der Waals surface area contributed by atoms with Gasteiger partial charge in [-0.05, 0) is 32.8 Å². The number of rotatable bonds is 8. The lowest BCUT2D eigenvalue weighted by atomic mass is 10.1. The quantitative estimate of drug-likeness (QED) is 0.745. The van der Waals surface area contributed by atoms with Crippen LogP contribution < -0.4 is 14.8 Å². The van der Waals surface area contributed by atoms with Crippen LogP contribution in [0.5, 0.6) is 11.5 Å². The van der Waals surface area contributed by atoms with Gasteiger partial charge in [0.2, 0.25) is 0 Å². The lowest BCUT2D eigenvalue weighted by molar-refractivity contribution is -0.150. The number of carbonyl (C=O) groups excluding carboxylic acids is 1. The Kier molecular flexibility index (Phi) is 5.44. The van der Waals surface area contributed by atoms with Gasteiger partial charge < -0.3 is 19.5 Å². The average molecular weight is 293 g/mol. The number of benzene rings is 1. The molecule has 1 aliphatic rings. The maximum atomic E-state index is 11.7. The van der Waals surface area contributed by atoms with E-state index in [2.05, 4.69) is 5.32 Å². The molecule has 1 fully saturated rings. The van der Waals surface area contributed by atoms with E-state index in [1.807, 2.05) is 18.2 Å². The van der Waals surface area contributed by atoms with Gasteiger partial charge in [-0.25, -0.2) is 4.79 Å². The van der Waals surface area contributed by atoms with Crippen LogP contribution in [0.15, 0.2) is 18.2 Å². The maximum absolute atomic E-state index is 11.7. The number of hydrogen-bond acceptors (Lipinski definition) is 5. The Hall–Kier alpha value is -1.75. The Bertz CT molecular complexity index is 485. The van der Waals surface area contributed by atoms with Gasteiger partial charge in [-0.3, -0.25) is 0 Å². The number of nitrogens with one attached hydrogen (secondary N) is 1. The zero-order valence-corrected chi connectivity index (χ0v) is 12.8. The van der Waals surface area contributed by atoms with E-state index in [4.69, 9.17) is 14.2 Å². The fraction of sp³-hybridized carbons (Fsp3) is 0.562. The number of hydrogen-bond donors (Lipinski definition) is 1. The Morgan fingerprint density at radius 3 is 2.81 bits per heavy atom. The highest BCUT2D eigenvalue weighted by molar-refractivity contribution is 5.74. The molecule has 116 valence electrons. The number of ether oxygens (including phenoxy) is 3. The molecule has 1 saturated carbocycles. The first-order valence-electron chi connectivity index (χ1n) is 7.38. The monoisotopic (exact) mass is 293 g/mol. The molecule has 5 nitrogen and oxygen atoms in total. The second-order valence-electron chi connectivity index (χ2n) is 5.12. The standard InChI is InChI=1S/C16H23NO4/c1-4-20-16(18)11(2)21-15-12(10-17-13-8-9-13)6-5-7-14(15)19-3/h5-7,11,13,17H,4,8-10H2,1-3H3. The fourth-order valence-electron chi connectivity index (χ4n) is 2.02.